The van der Waals surface area contributed by atoms with E-state index in [9.17, 15) is 5.11 Å². The van der Waals surface area contributed by atoms with E-state index in [1.54, 1.807) is 24.3 Å². The van der Waals surface area contributed by atoms with Gasteiger partial charge in [-0.3, -0.25) is 0 Å². The Labute approximate surface area is 173 Å². The summed E-state index contributed by atoms with van der Waals surface area (Å²) in [5.74, 6) is 1.93. The van der Waals surface area contributed by atoms with E-state index in [0.29, 0.717) is 34.6 Å². The molecule has 2 N–H and O–H groups in total. The maximum Gasteiger partial charge on any atom is 0.169 e. The van der Waals surface area contributed by atoms with Crippen molar-refractivity contribution in [3.05, 3.63) is 81.3 Å². The zero-order valence-electron chi connectivity index (χ0n) is 15.0. The monoisotopic (exact) mass is 415 g/mol. The fourth-order valence-corrected chi connectivity index (χ4v) is 3.53. The number of halogens is 2. The maximum absolute atomic E-state index is 10.0. The molecule has 4 rings (SSSR count). The van der Waals surface area contributed by atoms with Crippen LogP contribution < -0.4 is 14.8 Å². The Bertz CT molecular complexity index is 1010. The fourth-order valence-electron chi connectivity index (χ4n) is 3.17. The second kappa shape index (κ2) is 8.31. The zero-order valence-corrected chi connectivity index (χ0v) is 16.6. The number of hydrogen-bond donors (Lipinski definition) is 2. The van der Waals surface area contributed by atoms with Crippen LogP contribution in [0.25, 0.3) is 0 Å². The molecule has 3 aromatic rings. The summed E-state index contributed by atoms with van der Waals surface area (Å²) in [6, 6.07) is 16.4. The first-order chi connectivity index (χ1) is 13.6. The fraction of sp³-hybridized carbons (Fsp3) is 0.182. The highest BCUT2D eigenvalue weighted by molar-refractivity contribution is 6.31. The van der Waals surface area contributed by atoms with Gasteiger partial charge in [0.15, 0.2) is 11.5 Å². The van der Waals surface area contributed by atoms with Crippen molar-refractivity contribution in [1.82, 2.24) is 5.32 Å². The SMILES string of the molecule is Oc1cc(Cl)ccc1Oc1ccc(Cl)cc1CNCc1ccc2c(c1)CCO2. The lowest BCUT2D eigenvalue weighted by Gasteiger charge is -2.14. The van der Waals surface area contributed by atoms with Crippen LogP contribution in [0, 0.1) is 0 Å². The minimum atomic E-state index is -0.0123. The molecule has 144 valence electrons. The van der Waals surface area contributed by atoms with Crippen molar-refractivity contribution >= 4 is 23.2 Å². The summed E-state index contributed by atoms with van der Waals surface area (Å²) in [5, 5.41) is 14.5. The first-order valence-electron chi connectivity index (χ1n) is 8.98. The van der Waals surface area contributed by atoms with Gasteiger partial charge in [0, 0.05) is 41.2 Å². The van der Waals surface area contributed by atoms with E-state index in [-0.39, 0.29) is 5.75 Å². The van der Waals surface area contributed by atoms with Crippen molar-refractivity contribution in [1.29, 1.82) is 0 Å². The van der Waals surface area contributed by atoms with Gasteiger partial charge in [0.25, 0.3) is 0 Å². The normalized spacial score (nSPS) is 12.5. The van der Waals surface area contributed by atoms with Gasteiger partial charge in [-0.15, -0.1) is 0 Å². The van der Waals surface area contributed by atoms with Gasteiger partial charge < -0.3 is 19.9 Å². The molecule has 4 nitrogen and oxygen atoms in total. The summed E-state index contributed by atoms with van der Waals surface area (Å²) < 4.78 is 11.4. The molecule has 0 saturated carbocycles. The Balaban J connectivity index is 1.46. The molecule has 0 spiro atoms. The van der Waals surface area contributed by atoms with Gasteiger partial charge in [0.05, 0.1) is 6.61 Å². The number of ether oxygens (including phenoxy) is 2. The molecule has 0 saturated heterocycles. The molecular formula is C22H19Cl2NO3. The molecule has 1 aliphatic rings. The van der Waals surface area contributed by atoms with E-state index in [0.717, 1.165) is 24.3 Å². The van der Waals surface area contributed by atoms with Crippen molar-refractivity contribution in [2.24, 2.45) is 0 Å². The Morgan fingerprint density at radius 1 is 0.929 bits per heavy atom. The smallest absolute Gasteiger partial charge is 0.169 e. The van der Waals surface area contributed by atoms with Crippen LogP contribution in [-0.4, -0.2) is 11.7 Å². The van der Waals surface area contributed by atoms with Gasteiger partial charge in [-0.05, 0) is 47.5 Å². The van der Waals surface area contributed by atoms with Crippen molar-refractivity contribution in [3.63, 3.8) is 0 Å². The summed E-state index contributed by atoms with van der Waals surface area (Å²) in [6.45, 7) is 2.04. The van der Waals surface area contributed by atoms with Crippen LogP contribution in [0.4, 0.5) is 0 Å². The van der Waals surface area contributed by atoms with E-state index in [4.69, 9.17) is 32.7 Å². The average molecular weight is 416 g/mol. The van der Waals surface area contributed by atoms with Gasteiger partial charge in [-0.1, -0.05) is 35.3 Å². The molecule has 0 radical (unpaired) electrons. The van der Waals surface area contributed by atoms with Gasteiger partial charge in [-0.25, -0.2) is 0 Å². The number of nitrogens with one attached hydrogen (secondary N) is 1. The van der Waals surface area contributed by atoms with Crippen LogP contribution in [0.1, 0.15) is 16.7 Å². The van der Waals surface area contributed by atoms with E-state index < -0.39 is 0 Å². The highest BCUT2D eigenvalue weighted by Gasteiger charge is 2.13. The van der Waals surface area contributed by atoms with E-state index in [1.807, 2.05) is 12.1 Å². The maximum atomic E-state index is 10.0. The Morgan fingerprint density at radius 3 is 2.54 bits per heavy atom. The molecule has 0 atom stereocenters. The molecule has 0 bridgehead atoms. The molecular weight excluding hydrogens is 397 g/mol. The lowest BCUT2D eigenvalue weighted by molar-refractivity contribution is 0.357. The number of aromatic hydroxyl groups is 1. The molecule has 1 aliphatic heterocycles. The summed E-state index contributed by atoms with van der Waals surface area (Å²) in [5.41, 5.74) is 3.35. The summed E-state index contributed by atoms with van der Waals surface area (Å²) in [4.78, 5) is 0. The second-order valence-electron chi connectivity index (χ2n) is 6.61. The van der Waals surface area contributed by atoms with Crippen molar-refractivity contribution in [2.45, 2.75) is 19.5 Å². The van der Waals surface area contributed by atoms with Crippen LogP contribution in [-0.2, 0) is 19.5 Å². The average Bonchev–Trinajstić information content (AvgIpc) is 3.13. The lowest BCUT2D eigenvalue weighted by Crippen LogP contribution is -2.13. The highest BCUT2D eigenvalue weighted by atomic mass is 35.5. The number of benzene rings is 3. The number of phenols is 1. The molecule has 28 heavy (non-hydrogen) atoms. The van der Waals surface area contributed by atoms with E-state index in [2.05, 4.69) is 17.4 Å². The molecule has 0 amide bonds. The van der Waals surface area contributed by atoms with Crippen LogP contribution in [0.15, 0.2) is 54.6 Å². The van der Waals surface area contributed by atoms with Crippen molar-refractivity contribution in [2.75, 3.05) is 6.61 Å². The van der Waals surface area contributed by atoms with Crippen LogP contribution >= 0.6 is 23.2 Å². The van der Waals surface area contributed by atoms with Crippen LogP contribution in [0.3, 0.4) is 0 Å². The largest absolute Gasteiger partial charge is 0.504 e. The minimum Gasteiger partial charge on any atom is -0.504 e. The number of phenolic OH excluding ortho intramolecular Hbond substituents is 1. The van der Waals surface area contributed by atoms with Crippen LogP contribution in [0.5, 0.6) is 23.0 Å². The van der Waals surface area contributed by atoms with Crippen molar-refractivity contribution < 1.29 is 14.6 Å². The summed E-state index contributed by atoms with van der Waals surface area (Å²) in [7, 11) is 0. The first-order valence-corrected chi connectivity index (χ1v) is 9.74. The minimum absolute atomic E-state index is 0.0123. The highest BCUT2D eigenvalue weighted by Crippen LogP contribution is 2.35. The van der Waals surface area contributed by atoms with Gasteiger partial charge >= 0.3 is 0 Å². The zero-order chi connectivity index (χ0) is 19.5. The summed E-state index contributed by atoms with van der Waals surface area (Å²) >= 11 is 12.1. The topological polar surface area (TPSA) is 50.7 Å². The van der Waals surface area contributed by atoms with Gasteiger partial charge in [0.1, 0.15) is 11.5 Å². The third-order valence-electron chi connectivity index (χ3n) is 4.56. The molecule has 0 fully saturated rings. The molecule has 0 aliphatic carbocycles. The molecule has 3 aromatic carbocycles. The van der Waals surface area contributed by atoms with E-state index in [1.165, 1.54) is 17.2 Å². The Hall–Kier alpha value is -2.40. The van der Waals surface area contributed by atoms with Gasteiger partial charge in [0.2, 0.25) is 0 Å². The lowest BCUT2D eigenvalue weighted by atomic mass is 10.1. The quantitative estimate of drug-likeness (QED) is 0.540. The predicted octanol–water partition coefficient (Wildman–Crippen LogP) is 5.72. The Kier molecular flexibility index (Phi) is 5.62. The van der Waals surface area contributed by atoms with Gasteiger partial charge in [-0.2, -0.15) is 0 Å². The summed E-state index contributed by atoms with van der Waals surface area (Å²) in [6.07, 6.45) is 0.958. The third kappa shape index (κ3) is 4.36. The number of rotatable bonds is 6. The number of fused-ring (bicyclic) bond motifs is 1. The van der Waals surface area contributed by atoms with Crippen molar-refractivity contribution in [3.8, 4) is 23.0 Å². The third-order valence-corrected chi connectivity index (χ3v) is 5.03. The van der Waals surface area contributed by atoms with E-state index >= 15 is 0 Å². The second-order valence-corrected chi connectivity index (χ2v) is 7.48. The number of hydrogen-bond acceptors (Lipinski definition) is 4. The predicted molar refractivity (Wildman–Crippen MR) is 111 cm³/mol. The molecule has 1 heterocycles. The first kappa shape index (κ1) is 18.9. The standard InChI is InChI=1S/C22H19Cl2NO3/c23-17-2-5-21(28-22-6-3-18(24)11-19(22)26)16(10-17)13-25-12-14-1-4-20-15(9-14)7-8-27-20/h1-6,9-11,25-26H,7-8,12-13H2. The molecule has 0 unspecified atom stereocenters. The molecule has 0 aromatic heterocycles. The van der Waals surface area contributed by atoms with Crippen LogP contribution in [0.2, 0.25) is 10.0 Å². The molecule has 6 heteroatoms. The Morgan fingerprint density at radius 2 is 1.71 bits per heavy atom.